The number of ketones is 1. The Morgan fingerprint density at radius 3 is 2.62 bits per heavy atom. The zero-order valence-corrected chi connectivity index (χ0v) is 13.6. The molecule has 0 N–H and O–H groups in total. The van der Waals surface area contributed by atoms with Gasteiger partial charge in [0.2, 0.25) is 0 Å². The van der Waals surface area contributed by atoms with Crippen molar-refractivity contribution < 1.29 is 9.53 Å². The molecule has 1 aromatic heterocycles. The summed E-state index contributed by atoms with van der Waals surface area (Å²) in [6.45, 7) is 1.08. The number of halogens is 1. The van der Waals surface area contributed by atoms with E-state index in [-0.39, 0.29) is 5.78 Å². The highest BCUT2D eigenvalue weighted by atomic mass is 79.9. The van der Waals surface area contributed by atoms with Gasteiger partial charge in [-0.15, -0.1) is 0 Å². The van der Waals surface area contributed by atoms with Crippen LogP contribution in [0.5, 0.6) is 5.75 Å². The van der Waals surface area contributed by atoms with Gasteiger partial charge < -0.3 is 4.74 Å². The van der Waals surface area contributed by atoms with E-state index in [1.54, 1.807) is 37.7 Å². The molecule has 0 fully saturated rings. The minimum Gasteiger partial charge on any atom is -0.496 e. The summed E-state index contributed by atoms with van der Waals surface area (Å²) in [7, 11) is 3.53. The number of likely N-dealkylation sites (N-methyl/N-ethyl adjacent to an activating group) is 1. The van der Waals surface area contributed by atoms with Gasteiger partial charge >= 0.3 is 0 Å². The molecule has 0 saturated carbocycles. The van der Waals surface area contributed by atoms with Crippen molar-refractivity contribution in [2.45, 2.75) is 6.54 Å². The van der Waals surface area contributed by atoms with Gasteiger partial charge in [-0.25, -0.2) is 0 Å². The van der Waals surface area contributed by atoms with E-state index < -0.39 is 0 Å². The molecule has 110 valence electrons. The topological polar surface area (TPSA) is 42.4 Å². The third-order valence-electron chi connectivity index (χ3n) is 3.09. The van der Waals surface area contributed by atoms with Crippen LogP contribution < -0.4 is 4.74 Å². The fourth-order valence-corrected chi connectivity index (χ4v) is 2.57. The number of Topliss-reactive ketones (excluding diaryl/α,β-unsaturated/α-hetero) is 1. The van der Waals surface area contributed by atoms with Gasteiger partial charge in [0, 0.05) is 24.5 Å². The first kappa shape index (κ1) is 15.7. The third kappa shape index (κ3) is 4.37. The molecular formula is C16H17BrN2O2. The van der Waals surface area contributed by atoms with Crippen LogP contribution in [0.25, 0.3) is 0 Å². The predicted octanol–water partition coefficient (Wildman–Crippen LogP) is 3.17. The van der Waals surface area contributed by atoms with Crippen molar-refractivity contribution in [3.8, 4) is 5.75 Å². The van der Waals surface area contributed by atoms with Crippen LogP contribution in [0.1, 0.15) is 15.9 Å². The van der Waals surface area contributed by atoms with Crippen molar-refractivity contribution in [3.63, 3.8) is 0 Å². The zero-order valence-electron chi connectivity index (χ0n) is 12.0. The lowest BCUT2D eigenvalue weighted by Gasteiger charge is -2.16. The maximum atomic E-state index is 12.3. The molecule has 0 aliphatic rings. The Morgan fingerprint density at radius 2 is 2.00 bits per heavy atom. The lowest BCUT2D eigenvalue weighted by atomic mass is 10.1. The first-order chi connectivity index (χ1) is 10.1. The number of hydrogen-bond acceptors (Lipinski definition) is 4. The molecule has 5 heteroatoms. The van der Waals surface area contributed by atoms with Crippen LogP contribution in [0.4, 0.5) is 0 Å². The Balaban J connectivity index is 1.99. The van der Waals surface area contributed by atoms with Crippen molar-refractivity contribution in [2.24, 2.45) is 0 Å². The number of benzene rings is 1. The number of carbonyl (C=O) groups is 1. The van der Waals surface area contributed by atoms with Crippen LogP contribution in [-0.2, 0) is 6.54 Å². The van der Waals surface area contributed by atoms with Gasteiger partial charge in [-0.3, -0.25) is 14.7 Å². The van der Waals surface area contributed by atoms with E-state index >= 15 is 0 Å². The van der Waals surface area contributed by atoms with Gasteiger partial charge in [-0.1, -0.05) is 0 Å². The highest BCUT2D eigenvalue weighted by Gasteiger charge is 2.11. The molecule has 1 heterocycles. The van der Waals surface area contributed by atoms with Gasteiger partial charge in [-0.05, 0) is 58.9 Å². The van der Waals surface area contributed by atoms with Gasteiger partial charge in [0.25, 0.3) is 0 Å². The summed E-state index contributed by atoms with van der Waals surface area (Å²) in [5.74, 6) is 0.798. The lowest BCUT2D eigenvalue weighted by molar-refractivity contribution is 0.0943. The van der Waals surface area contributed by atoms with E-state index in [0.717, 1.165) is 15.8 Å². The fraction of sp³-hybridized carbons (Fsp3) is 0.250. The highest BCUT2D eigenvalue weighted by molar-refractivity contribution is 9.10. The minimum atomic E-state index is 0.0786. The maximum Gasteiger partial charge on any atom is 0.176 e. The van der Waals surface area contributed by atoms with Gasteiger partial charge in [0.1, 0.15) is 5.75 Å². The van der Waals surface area contributed by atoms with Crippen LogP contribution >= 0.6 is 15.9 Å². The number of carbonyl (C=O) groups excluding carboxylic acids is 1. The Labute approximate surface area is 132 Å². The second-order valence-electron chi connectivity index (χ2n) is 4.80. The van der Waals surface area contributed by atoms with Gasteiger partial charge in [0.15, 0.2) is 5.78 Å². The summed E-state index contributed by atoms with van der Waals surface area (Å²) >= 11 is 3.40. The van der Waals surface area contributed by atoms with Gasteiger partial charge in [-0.2, -0.15) is 0 Å². The van der Waals surface area contributed by atoms with Crippen molar-refractivity contribution >= 4 is 21.7 Å². The summed E-state index contributed by atoms with van der Waals surface area (Å²) in [5.41, 5.74) is 1.81. The number of ether oxygens (including phenoxy) is 1. The molecular weight excluding hydrogens is 332 g/mol. The van der Waals surface area contributed by atoms with E-state index in [4.69, 9.17) is 4.74 Å². The zero-order chi connectivity index (χ0) is 15.2. The van der Waals surface area contributed by atoms with E-state index in [1.165, 1.54) is 0 Å². The summed E-state index contributed by atoms with van der Waals surface area (Å²) in [4.78, 5) is 18.2. The Hall–Kier alpha value is -1.72. The fourth-order valence-electron chi connectivity index (χ4n) is 2.03. The quantitative estimate of drug-likeness (QED) is 0.752. The van der Waals surface area contributed by atoms with Crippen LogP contribution in [0.2, 0.25) is 0 Å². The number of rotatable bonds is 6. The summed E-state index contributed by atoms with van der Waals surface area (Å²) in [6.07, 6.45) is 3.51. The predicted molar refractivity (Wildman–Crippen MR) is 85.6 cm³/mol. The number of aromatic nitrogens is 1. The van der Waals surface area contributed by atoms with E-state index in [2.05, 4.69) is 20.9 Å². The van der Waals surface area contributed by atoms with E-state index in [9.17, 15) is 4.79 Å². The molecule has 2 aromatic rings. The van der Waals surface area contributed by atoms with Crippen LogP contribution in [0.15, 0.2) is 47.2 Å². The Kier molecular flexibility index (Phi) is 5.47. The van der Waals surface area contributed by atoms with E-state index in [0.29, 0.717) is 18.7 Å². The molecule has 0 bridgehead atoms. The largest absolute Gasteiger partial charge is 0.496 e. The van der Waals surface area contributed by atoms with Crippen LogP contribution in [-0.4, -0.2) is 36.4 Å². The maximum absolute atomic E-state index is 12.3. The molecule has 0 aliphatic carbocycles. The SMILES string of the molecule is COc1ccc(C(=O)CN(C)Cc2ccncc2)cc1Br. The molecule has 4 nitrogen and oxygen atoms in total. The van der Waals surface area contributed by atoms with E-state index in [1.807, 2.05) is 24.1 Å². The van der Waals surface area contributed by atoms with Gasteiger partial charge in [0.05, 0.1) is 18.1 Å². The molecule has 0 saturated heterocycles. The highest BCUT2D eigenvalue weighted by Crippen LogP contribution is 2.25. The molecule has 0 radical (unpaired) electrons. The number of nitrogens with zero attached hydrogens (tertiary/aromatic N) is 2. The molecule has 0 unspecified atom stereocenters. The van der Waals surface area contributed by atoms with Crippen molar-refractivity contribution in [1.82, 2.24) is 9.88 Å². The molecule has 1 aromatic carbocycles. The summed E-state index contributed by atoms with van der Waals surface area (Å²) < 4.78 is 5.95. The average Bonchev–Trinajstić information content (AvgIpc) is 2.48. The standard InChI is InChI=1S/C16H17BrN2O2/c1-19(10-12-5-7-18-8-6-12)11-15(20)13-3-4-16(21-2)14(17)9-13/h3-9H,10-11H2,1-2H3. The average molecular weight is 349 g/mol. The van der Waals surface area contributed by atoms with Crippen molar-refractivity contribution in [3.05, 3.63) is 58.3 Å². The second kappa shape index (κ2) is 7.33. The number of hydrogen-bond donors (Lipinski definition) is 0. The second-order valence-corrected chi connectivity index (χ2v) is 5.65. The first-order valence-corrected chi connectivity index (χ1v) is 7.33. The smallest absolute Gasteiger partial charge is 0.176 e. The van der Waals surface area contributed by atoms with Crippen LogP contribution in [0.3, 0.4) is 0 Å². The molecule has 21 heavy (non-hydrogen) atoms. The molecule has 2 rings (SSSR count). The molecule has 0 amide bonds. The minimum absolute atomic E-state index is 0.0786. The molecule has 0 spiro atoms. The molecule has 0 atom stereocenters. The van der Waals surface area contributed by atoms with Crippen LogP contribution in [0, 0.1) is 0 Å². The normalized spacial score (nSPS) is 10.7. The number of methoxy groups -OCH3 is 1. The first-order valence-electron chi connectivity index (χ1n) is 6.54. The Morgan fingerprint density at radius 1 is 1.29 bits per heavy atom. The lowest BCUT2D eigenvalue weighted by Crippen LogP contribution is -2.25. The third-order valence-corrected chi connectivity index (χ3v) is 3.71. The molecule has 0 aliphatic heterocycles. The van der Waals surface area contributed by atoms with Crippen molar-refractivity contribution in [1.29, 1.82) is 0 Å². The Bertz CT molecular complexity index is 617. The van der Waals surface area contributed by atoms with Crippen molar-refractivity contribution in [2.75, 3.05) is 20.7 Å². The summed E-state index contributed by atoms with van der Waals surface area (Å²) in [6, 6.07) is 9.27. The summed E-state index contributed by atoms with van der Waals surface area (Å²) in [5, 5.41) is 0. The number of pyridine rings is 1. The monoisotopic (exact) mass is 348 g/mol.